The normalized spacial score (nSPS) is 11.7. The van der Waals surface area contributed by atoms with Crippen LogP contribution in [0.1, 0.15) is 11.1 Å². The van der Waals surface area contributed by atoms with E-state index < -0.39 is 0 Å². The van der Waals surface area contributed by atoms with Crippen molar-refractivity contribution in [1.82, 2.24) is 19.1 Å². The minimum atomic E-state index is 0.910. The van der Waals surface area contributed by atoms with Crippen molar-refractivity contribution in [3.05, 3.63) is 133 Å². The molecule has 6 heteroatoms. The first kappa shape index (κ1) is 21.4. The first-order chi connectivity index (χ1) is 17.8. The lowest BCUT2D eigenvalue weighted by molar-refractivity contribution is 1.06. The van der Waals surface area contributed by atoms with Gasteiger partial charge < -0.3 is 9.13 Å². The molecule has 0 saturated heterocycles. The third kappa shape index (κ3) is 4.48. The minimum Gasteiger partial charge on any atom is -0.306 e. The summed E-state index contributed by atoms with van der Waals surface area (Å²) >= 11 is 0. The maximum Gasteiger partial charge on any atom is 0.0991 e. The summed E-state index contributed by atoms with van der Waals surface area (Å²) in [5, 5.41) is 2.13. The van der Waals surface area contributed by atoms with E-state index in [2.05, 4.69) is 70.6 Å². The van der Waals surface area contributed by atoms with Gasteiger partial charge in [0.05, 0.1) is 24.0 Å². The first-order valence-electron chi connectivity index (χ1n) is 11.6. The van der Waals surface area contributed by atoms with Crippen molar-refractivity contribution >= 4 is 34.6 Å². The monoisotopic (exact) mass is 466 g/mol. The smallest absolute Gasteiger partial charge is 0.0991 e. The van der Waals surface area contributed by atoms with Gasteiger partial charge >= 0.3 is 0 Å². The van der Waals surface area contributed by atoms with Crippen LogP contribution in [0.2, 0.25) is 0 Å². The highest BCUT2D eigenvalue weighted by Crippen LogP contribution is 2.33. The van der Waals surface area contributed by atoms with Crippen molar-refractivity contribution in [2.45, 2.75) is 0 Å². The topological polar surface area (TPSA) is 60.4 Å². The lowest BCUT2D eigenvalue weighted by atomic mass is 10.1. The second-order valence-electron chi connectivity index (χ2n) is 8.29. The first-order valence-corrected chi connectivity index (χ1v) is 11.6. The SMILES string of the molecule is C(=N\c1ccc(/N=C/c2ccc(-n3ccnc3)cc2)c2ccccc12)/c1ccc(-n2ccnc2)cc1. The van der Waals surface area contributed by atoms with Crippen LogP contribution in [0.15, 0.2) is 132 Å². The molecule has 0 fully saturated rings. The largest absolute Gasteiger partial charge is 0.306 e. The number of imidazole rings is 2. The molecule has 0 bridgehead atoms. The molecular weight excluding hydrogens is 444 g/mol. The Morgan fingerprint density at radius 2 is 0.972 bits per heavy atom. The Morgan fingerprint density at radius 1 is 0.528 bits per heavy atom. The molecule has 0 unspecified atom stereocenters. The van der Waals surface area contributed by atoms with Gasteiger partial charge in [0, 0.05) is 59.4 Å². The van der Waals surface area contributed by atoms with E-state index in [0.717, 1.165) is 44.6 Å². The van der Waals surface area contributed by atoms with Crippen LogP contribution >= 0.6 is 0 Å². The number of hydrogen-bond acceptors (Lipinski definition) is 4. The Kier molecular flexibility index (Phi) is 5.74. The van der Waals surface area contributed by atoms with E-state index in [1.165, 1.54) is 0 Å². The summed E-state index contributed by atoms with van der Waals surface area (Å²) in [4.78, 5) is 17.8. The average Bonchev–Trinajstić information content (AvgIpc) is 3.67. The number of benzene rings is 4. The van der Waals surface area contributed by atoms with Crippen molar-refractivity contribution in [3.63, 3.8) is 0 Å². The number of aromatic nitrogens is 4. The van der Waals surface area contributed by atoms with E-state index in [9.17, 15) is 0 Å². The van der Waals surface area contributed by atoms with Crippen LogP contribution in [0.25, 0.3) is 22.1 Å². The molecular formula is C30H22N6. The molecule has 0 atom stereocenters. The molecule has 0 spiro atoms. The Balaban J connectivity index is 1.24. The van der Waals surface area contributed by atoms with Crippen molar-refractivity contribution in [3.8, 4) is 11.4 Å². The summed E-state index contributed by atoms with van der Waals surface area (Å²) in [6.45, 7) is 0. The number of aliphatic imine (C=N–C) groups is 2. The van der Waals surface area contributed by atoms with E-state index in [0.29, 0.717) is 0 Å². The van der Waals surface area contributed by atoms with Crippen LogP contribution in [-0.2, 0) is 0 Å². The van der Waals surface area contributed by atoms with Crippen LogP contribution in [0, 0.1) is 0 Å². The van der Waals surface area contributed by atoms with Crippen LogP contribution in [0.5, 0.6) is 0 Å². The van der Waals surface area contributed by atoms with Crippen LogP contribution < -0.4 is 0 Å². The molecule has 4 aromatic carbocycles. The molecule has 2 heterocycles. The van der Waals surface area contributed by atoms with Gasteiger partial charge in [-0.1, -0.05) is 48.5 Å². The van der Waals surface area contributed by atoms with Gasteiger partial charge in [0.1, 0.15) is 0 Å². The van der Waals surface area contributed by atoms with Crippen LogP contribution in [-0.4, -0.2) is 31.5 Å². The molecule has 0 aliphatic carbocycles. The molecule has 36 heavy (non-hydrogen) atoms. The molecule has 2 aromatic heterocycles. The molecule has 0 aliphatic heterocycles. The maximum atomic E-state index is 4.79. The Morgan fingerprint density at radius 3 is 1.36 bits per heavy atom. The van der Waals surface area contributed by atoms with Gasteiger partial charge in [-0.05, 0) is 47.5 Å². The Hall–Kier alpha value is -5.10. The number of rotatable bonds is 6. The average molecular weight is 467 g/mol. The van der Waals surface area contributed by atoms with Gasteiger partial charge in [-0.3, -0.25) is 9.98 Å². The van der Waals surface area contributed by atoms with E-state index in [4.69, 9.17) is 9.98 Å². The molecule has 0 aliphatic rings. The lowest BCUT2D eigenvalue weighted by Gasteiger charge is -2.06. The summed E-state index contributed by atoms with van der Waals surface area (Å²) in [5.74, 6) is 0. The molecule has 0 saturated carbocycles. The van der Waals surface area contributed by atoms with Gasteiger partial charge in [-0.2, -0.15) is 0 Å². The van der Waals surface area contributed by atoms with Crippen molar-refractivity contribution in [2.24, 2.45) is 9.98 Å². The Labute approximate surface area is 208 Å². The van der Waals surface area contributed by atoms with Crippen LogP contribution in [0.4, 0.5) is 11.4 Å². The number of fused-ring (bicyclic) bond motifs is 1. The van der Waals surface area contributed by atoms with Crippen LogP contribution in [0.3, 0.4) is 0 Å². The standard InChI is InChI=1S/C30H22N6/c1-2-4-28-27(3-1)29(33-19-23-5-9-25(10-6-23)35-17-15-31-21-35)13-14-30(28)34-20-24-7-11-26(12-8-24)36-18-16-32-22-36/h1-22H/b33-19+,34-20+. The van der Waals surface area contributed by atoms with Gasteiger partial charge in [-0.25, -0.2) is 9.97 Å². The van der Waals surface area contributed by atoms with E-state index in [1.54, 1.807) is 25.0 Å². The predicted octanol–water partition coefficient (Wildman–Crippen LogP) is 6.71. The van der Waals surface area contributed by atoms with Gasteiger partial charge in [0.15, 0.2) is 0 Å². The molecule has 0 amide bonds. The Bertz CT molecular complexity index is 1520. The molecule has 6 nitrogen and oxygen atoms in total. The third-order valence-corrected chi connectivity index (χ3v) is 5.97. The third-order valence-electron chi connectivity index (χ3n) is 5.97. The quantitative estimate of drug-likeness (QED) is 0.256. The van der Waals surface area contributed by atoms with E-state index in [1.807, 2.05) is 58.2 Å². The van der Waals surface area contributed by atoms with Crippen molar-refractivity contribution in [1.29, 1.82) is 0 Å². The second kappa shape index (κ2) is 9.64. The lowest BCUT2D eigenvalue weighted by Crippen LogP contribution is -1.90. The van der Waals surface area contributed by atoms with E-state index in [-0.39, 0.29) is 0 Å². The van der Waals surface area contributed by atoms with E-state index >= 15 is 0 Å². The fourth-order valence-corrected chi connectivity index (χ4v) is 4.07. The zero-order valence-corrected chi connectivity index (χ0v) is 19.4. The minimum absolute atomic E-state index is 0.910. The second-order valence-corrected chi connectivity index (χ2v) is 8.29. The zero-order chi connectivity index (χ0) is 24.2. The summed E-state index contributed by atoms with van der Waals surface area (Å²) in [6.07, 6.45) is 14.8. The maximum absolute atomic E-state index is 4.79. The van der Waals surface area contributed by atoms with Crippen molar-refractivity contribution < 1.29 is 0 Å². The van der Waals surface area contributed by atoms with Gasteiger partial charge in [0.2, 0.25) is 0 Å². The highest BCUT2D eigenvalue weighted by molar-refractivity contribution is 6.02. The molecule has 6 aromatic rings. The summed E-state index contributed by atoms with van der Waals surface area (Å²) in [5.41, 5.74) is 6.01. The summed E-state index contributed by atoms with van der Waals surface area (Å²) in [7, 11) is 0. The molecule has 172 valence electrons. The molecule has 6 rings (SSSR count). The zero-order valence-electron chi connectivity index (χ0n) is 19.4. The summed E-state index contributed by atoms with van der Waals surface area (Å²) < 4.78 is 3.95. The fourth-order valence-electron chi connectivity index (χ4n) is 4.07. The summed E-state index contributed by atoms with van der Waals surface area (Å²) in [6, 6.07) is 28.7. The van der Waals surface area contributed by atoms with Crippen molar-refractivity contribution in [2.75, 3.05) is 0 Å². The van der Waals surface area contributed by atoms with Gasteiger partial charge in [0.25, 0.3) is 0 Å². The highest BCUT2D eigenvalue weighted by Gasteiger charge is 2.04. The van der Waals surface area contributed by atoms with Gasteiger partial charge in [-0.15, -0.1) is 0 Å². The highest BCUT2D eigenvalue weighted by atomic mass is 15.0. The molecule has 0 radical (unpaired) electrons. The number of hydrogen-bond donors (Lipinski definition) is 0. The number of nitrogens with zero attached hydrogens (tertiary/aromatic N) is 6. The fraction of sp³-hybridized carbons (Fsp3) is 0. The predicted molar refractivity (Wildman–Crippen MR) is 146 cm³/mol. The molecule has 0 N–H and O–H groups in total.